The standard InChI is InChI=1S/C28H26N4O2S/c1-13(2)27-29-19-11-33-21-9-15(5-7-17(21)23(19)31-27)22-10-16-6-8-18-24-20(30-28(32-24)14(3)4)12-34-25(18)26(16)35-22/h5-10,13-14H,11-12H2,1-4H3,(H,29,31)(H,30,32). The van der Waals surface area contributed by atoms with Gasteiger partial charge >= 0.3 is 0 Å². The zero-order valence-corrected chi connectivity index (χ0v) is 21.0. The molecule has 2 aliphatic heterocycles. The van der Waals surface area contributed by atoms with Gasteiger partial charge in [0.2, 0.25) is 0 Å². The molecular weight excluding hydrogens is 456 g/mol. The van der Waals surface area contributed by atoms with Gasteiger partial charge in [-0.05, 0) is 35.2 Å². The normalized spacial score (nSPS) is 13.9. The molecule has 3 aromatic heterocycles. The van der Waals surface area contributed by atoms with E-state index in [9.17, 15) is 0 Å². The minimum absolute atomic E-state index is 0.349. The van der Waals surface area contributed by atoms with Gasteiger partial charge in [0, 0.05) is 27.8 Å². The molecule has 2 N–H and O–H groups in total. The Kier molecular flexibility index (Phi) is 4.42. The smallest absolute Gasteiger partial charge is 0.147 e. The Morgan fingerprint density at radius 1 is 0.800 bits per heavy atom. The van der Waals surface area contributed by atoms with Crippen molar-refractivity contribution in [2.45, 2.75) is 52.7 Å². The Labute approximate surface area is 207 Å². The van der Waals surface area contributed by atoms with Crippen LogP contribution in [0.5, 0.6) is 11.5 Å². The maximum absolute atomic E-state index is 6.25. The first-order valence-corrected chi connectivity index (χ1v) is 12.9. The Morgan fingerprint density at radius 3 is 2.17 bits per heavy atom. The van der Waals surface area contributed by atoms with Gasteiger partial charge in [-0.1, -0.05) is 39.8 Å². The van der Waals surface area contributed by atoms with Crippen molar-refractivity contribution >= 4 is 21.4 Å². The molecule has 5 heterocycles. The summed E-state index contributed by atoms with van der Waals surface area (Å²) in [6.07, 6.45) is 0. The molecule has 0 spiro atoms. The molecule has 7 heteroatoms. The van der Waals surface area contributed by atoms with Crippen LogP contribution < -0.4 is 9.47 Å². The lowest BCUT2D eigenvalue weighted by Crippen LogP contribution is -2.05. The van der Waals surface area contributed by atoms with Gasteiger partial charge in [0.25, 0.3) is 0 Å². The third-order valence-electron chi connectivity index (χ3n) is 6.85. The summed E-state index contributed by atoms with van der Waals surface area (Å²) in [5, 5.41) is 1.19. The van der Waals surface area contributed by atoms with Crippen molar-refractivity contribution in [2.75, 3.05) is 0 Å². The molecule has 5 aromatic rings. The highest BCUT2D eigenvalue weighted by Gasteiger charge is 2.26. The van der Waals surface area contributed by atoms with Crippen molar-refractivity contribution in [3.63, 3.8) is 0 Å². The zero-order chi connectivity index (χ0) is 23.8. The molecule has 0 atom stereocenters. The molecule has 0 radical (unpaired) electrons. The molecule has 0 saturated carbocycles. The maximum atomic E-state index is 6.25. The van der Waals surface area contributed by atoms with Crippen molar-refractivity contribution in [3.05, 3.63) is 59.4 Å². The van der Waals surface area contributed by atoms with Gasteiger partial charge in [-0.15, -0.1) is 11.3 Å². The van der Waals surface area contributed by atoms with E-state index in [4.69, 9.17) is 19.4 Å². The average molecular weight is 483 g/mol. The van der Waals surface area contributed by atoms with Crippen LogP contribution in [-0.4, -0.2) is 19.9 Å². The molecule has 0 unspecified atom stereocenters. The Hall–Kier alpha value is -3.58. The molecule has 0 aliphatic carbocycles. The van der Waals surface area contributed by atoms with E-state index in [1.54, 1.807) is 11.3 Å². The number of ether oxygens (including phenoxy) is 2. The van der Waals surface area contributed by atoms with Crippen LogP contribution in [0.1, 0.15) is 62.6 Å². The predicted molar refractivity (Wildman–Crippen MR) is 139 cm³/mol. The number of imidazole rings is 2. The van der Waals surface area contributed by atoms with E-state index in [1.165, 1.54) is 15.0 Å². The van der Waals surface area contributed by atoms with Crippen LogP contribution in [0.2, 0.25) is 0 Å². The molecule has 35 heavy (non-hydrogen) atoms. The molecule has 0 amide bonds. The first-order chi connectivity index (χ1) is 17.0. The number of H-pyrrole nitrogens is 2. The molecular formula is C28H26N4O2S. The van der Waals surface area contributed by atoms with Gasteiger partial charge in [0.15, 0.2) is 0 Å². The lowest BCUT2D eigenvalue weighted by molar-refractivity contribution is 0.298. The second-order valence-electron chi connectivity index (χ2n) is 9.96. The highest BCUT2D eigenvalue weighted by molar-refractivity contribution is 7.22. The third kappa shape index (κ3) is 3.14. The molecule has 0 bridgehead atoms. The fourth-order valence-corrected chi connectivity index (χ4v) is 6.07. The summed E-state index contributed by atoms with van der Waals surface area (Å²) in [5.41, 5.74) is 7.45. The largest absolute Gasteiger partial charge is 0.486 e. The number of benzene rings is 2. The maximum Gasteiger partial charge on any atom is 0.147 e. The second-order valence-corrected chi connectivity index (χ2v) is 11.0. The molecule has 0 saturated heterocycles. The second kappa shape index (κ2) is 7.46. The van der Waals surface area contributed by atoms with Crippen LogP contribution >= 0.6 is 11.3 Å². The van der Waals surface area contributed by atoms with Gasteiger partial charge in [-0.2, -0.15) is 0 Å². The van der Waals surface area contributed by atoms with E-state index >= 15 is 0 Å². The number of aromatic nitrogens is 4. The summed E-state index contributed by atoms with van der Waals surface area (Å²) in [6, 6.07) is 13.0. The van der Waals surface area contributed by atoms with Gasteiger partial charge < -0.3 is 19.4 Å². The number of hydrogen-bond donors (Lipinski definition) is 2. The number of thiophene rings is 1. The lowest BCUT2D eigenvalue weighted by atomic mass is 10.0. The number of aromatic amines is 2. The quantitative estimate of drug-likeness (QED) is 0.281. The number of nitrogens with zero attached hydrogens (tertiary/aromatic N) is 2. The van der Waals surface area contributed by atoms with Gasteiger partial charge in [0.1, 0.15) is 47.7 Å². The lowest BCUT2D eigenvalue weighted by Gasteiger charge is -2.17. The topological polar surface area (TPSA) is 75.8 Å². The fourth-order valence-electron chi connectivity index (χ4n) is 4.91. The van der Waals surface area contributed by atoms with Crippen molar-refractivity contribution in [2.24, 2.45) is 0 Å². The fraction of sp³-hybridized carbons (Fsp3) is 0.286. The van der Waals surface area contributed by atoms with Crippen molar-refractivity contribution in [1.29, 1.82) is 0 Å². The van der Waals surface area contributed by atoms with E-state index in [-0.39, 0.29) is 0 Å². The summed E-state index contributed by atoms with van der Waals surface area (Å²) < 4.78 is 13.5. The summed E-state index contributed by atoms with van der Waals surface area (Å²) in [5.74, 6) is 4.56. The highest BCUT2D eigenvalue weighted by Crippen LogP contribution is 2.47. The summed E-state index contributed by atoms with van der Waals surface area (Å²) in [4.78, 5) is 17.7. The van der Waals surface area contributed by atoms with Gasteiger partial charge in [0.05, 0.1) is 16.1 Å². The molecule has 0 fully saturated rings. The van der Waals surface area contributed by atoms with Crippen LogP contribution in [0.15, 0.2) is 36.4 Å². The summed E-state index contributed by atoms with van der Waals surface area (Å²) in [7, 11) is 0. The van der Waals surface area contributed by atoms with E-state index in [0.29, 0.717) is 25.0 Å². The number of hydrogen-bond acceptors (Lipinski definition) is 5. The zero-order valence-electron chi connectivity index (χ0n) is 20.2. The van der Waals surface area contributed by atoms with Crippen LogP contribution in [0.4, 0.5) is 0 Å². The molecule has 176 valence electrons. The minimum Gasteiger partial charge on any atom is -0.486 e. The van der Waals surface area contributed by atoms with Gasteiger partial charge in [-0.3, -0.25) is 0 Å². The van der Waals surface area contributed by atoms with E-state index in [2.05, 4.69) is 74.1 Å². The minimum atomic E-state index is 0.349. The average Bonchev–Trinajstić information content (AvgIpc) is 3.59. The van der Waals surface area contributed by atoms with E-state index in [0.717, 1.165) is 62.6 Å². The van der Waals surface area contributed by atoms with Crippen LogP contribution in [0.3, 0.4) is 0 Å². The summed E-state index contributed by atoms with van der Waals surface area (Å²) in [6.45, 7) is 9.59. The van der Waals surface area contributed by atoms with Crippen molar-refractivity contribution in [3.8, 4) is 44.5 Å². The van der Waals surface area contributed by atoms with E-state index in [1.807, 2.05) is 0 Å². The predicted octanol–water partition coefficient (Wildman–Crippen LogP) is 7.38. The van der Waals surface area contributed by atoms with Crippen LogP contribution in [0.25, 0.3) is 43.0 Å². The number of nitrogens with one attached hydrogen (secondary N) is 2. The Balaban J connectivity index is 1.29. The van der Waals surface area contributed by atoms with Gasteiger partial charge in [-0.25, -0.2) is 9.97 Å². The first kappa shape index (κ1) is 20.8. The Morgan fingerprint density at radius 2 is 1.46 bits per heavy atom. The summed E-state index contributed by atoms with van der Waals surface area (Å²) >= 11 is 1.76. The Bertz CT molecular complexity index is 1620. The molecule has 2 aliphatic rings. The van der Waals surface area contributed by atoms with Crippen LogP contribution in [0, 0.1) is 0 Å². The number of rotatable bonds is 3. The molecule has 6 nitrogen and oxygen atoms in total. The van der Waals surface area contributed by atoms with Crippen LogP contribution in [-0.2, 0) is 13.2 Å². The SMILES string of the molecule is CC(C)c1nc2c([nH]1)-c1ccc(-c3cc4ccc5c(c4s3)OCc3nc(C(C)C)[nH]c3-5)cc1OC2. The van der Waals surface area contributed by atoms with Crippen molar-refractivity contribution < 1.29 is 9.47 Å². The monoisotopic (exact) mass is 482 g/mol. The third-order valence-corrected chi connectivity index (χ3v) is 8.05. The number of fused-ring (bicyclic) bond motifs is 8. The van der Waals surface area contributed by atoms with E-state index < -0.39 is 0 Å². The van der Waals surface area contributed by atoms with Crippen molar-refractivity contribution in [1.82, 2.24) is 19.9 Å². The highest BCUT2D eigenvalue weighted by atomic mass is 32.1. The molecule has 7 rings (SSSR count). The first-order valence-electron chi connectivity index (χ1n) is 12.1. The molecule has 2 aromatic carbocycles.